The van der Waals surface area contributed by atoms with Crippen molar-refractivity contribution >= 4 is 15.9 Å². The smallest absolute Gasteiger partial charge is 0.254 e. The predicted molar refractivity (Wildman–Crippen MR) is 81.5 cm³/mol. The molecule has 21 heavy (non-hydrogen) atoms. The Morgan fingerprint density at radius 2 is 2.05 bits per heavy atom. The monoisotopic (exact) mass is 310 g/mol. The molecule has 2 N–H and O–H groups in total. The number of primary sulfonamides is 1. The quantitative estimate of drug-likeness (QED) is 0.924. The van der Waals surface area contributed by atoms with Crippen LogP contribution in [0.5, 0.6) is 0 Å². The normalized spacial score (nSPS) is 22.6. The maximum atomic E-state index is 12.6. The molecule has 1 heterocycles. The largest absolute Gasteiger partial charge is 0.336 e. The van der Waals surface area contributed by atoms with Crippen molar-refractivity contribution in [1.29, 1.82) is 0 Å². The molecule has 116 valence electrons. The van der Waals surface area contributed by atoms with E-state index >= 15 is 0 Å². The minimum atomic E-state index is -3.82. The average Bonchev–Trinajstić information content (AvgIpc) is 2.75. The average molecular weight is 310 g/mol. The zero-order chi connectivity index (χ0) is 15.8. The highest BCUT2D eigenvalue weighted by Gasteiger charge is 2.31. The summed E-state index contributed by atoms with van der Waals surface area (Å²) in [6, 6.07) is 4.95. The number of carbonyl (C=O) groups is 1. The van der Waals surface area contributed by atoms with E-state index in [0.29, 0.717) is 30.0 Å². The van der Waals surface area contributed by atoms with Crippen LogP contribution in [-0.4, -0.2) is 31.8 Å². The summed E-state index contributed by atoms with van der Waals surface area (Å²) in [5.41, 5.74) is 1.02. The predicted octanol–water partition coefficient (Wildman–Crippen LogP) is 1.77. The first-order valence-electron chi connectivity index (χ1n) is 7.20. The molecule has 1 aliphatic heterocycles. The molecule has 0 bridgehead atoms. The van der Waals surface area contributed by atoms with Gasteiger partial charge in [0.05, 0.1) is 4.90 Å². The molecule has 1 amide bonds. The summed E-state index contributed by atoms with van der Waals surface area (Å²) in [6.45, 7) is 6.69. The van der Waals surface area contributed by atoms with Gasteiger partial charge in [-0.2, -0.15) is 0 Å². The summed E-state index contributed by atoms with van der Waals surface area (Å²) in [6.07, 6.45) is 1.53. The van der Waals surface area contributed by atoms with E-state index in [1.54, 1.807) is 17.0 Å². The van der Waals surface area contributed by atoms with Crippen LogP contribution in [0.15, 0.2) is 23.1 Å². The molecule has 0 aliphatic carbocycles. The van der Waals surface area contributed by atoms with Crippen LogP contribution in [0.2, 0.25) is 0 Å². The number of hydrogen-bond donors (Lipinski definition) is 1. The molecule has 0 aromatic heterocycles. The van der Waals surface area contributed by atoms with Crippen LogP contribution in [0.4, 0.5) is 0 Å². The molecule has 5 nitrogen and oxygen atoms in total. The van der Waals surface area contributed by atoms with Crippen LogP contribution in [0.25, 0.3) is 0 Å². The van der Waals surface area contributed by atoms with Crippen LogP contribution >= 0.6 is 0 Å². The lowest BCUT2D eigenvalue weighted by molar-refractivity contribution is 0.0743. The molecule has 0 spiro atoms. The Morgan fingerprint density at radius 1 is 1.38 bits per heavy atom. The highest BCUT2D eigenvalue weighted by molar-refractivity contribution is 7.89. The van der Waals surface area contributed by atoms with Gasteiger partial charge in [-0.05, 0) is 43.4 Å². The van der Waals surface area contributed by atoms with Crippen LogP contribution in [0.3, 0.4) is 0 Å². The van der Waals surface area contributed by atoms with Crippen molar-refractivity contribution in [2.75, 3.05) is 6.54 Å². The van der Waals surface area contributed by atoms with Gasteiger partial charge in [-0.1, -0.05) is 19.9 Å². The summed E-state index contributed by atoms with van der Waals surface area (Å²) >= 11 is 0. The van der Waals surface area contributed by atoms with E-state index in [1.807, 2.05) is 13.8 Å². The number of likely N-dealkylation sites (tertiary alicyclic amines) is 1. The number of amides is 1. The third-order valence-electron chi connectivity index (χ3n) is 4.05. The molecule has 2 atom stereocenters. The van der Waals surface area contributed by atoms with Crippen molar-refractivity contribution in [2.45, 2.75) is 44.6 Å². The molecular weight excluding hydrogens is 288 g/mol. The van der Waals surface area contributed by atoms with E-state index in [4.69, 9.17) is 5.14 Å². The van der Waals surface area contributed by atoms with Gasteiger partial charge in [0.15, 0.2) is 0 Å². The highest BCUT2D eigenvalue weighted by Crippen LogP contribution is 2.25. The van der Waals surface area contributed by atoms with E-state index in [-0.39, 0.29) is 16.8 Å². The van der Waals surface area contributed by atoms with Crippen molar-refractivity contribution in [3.05, 3.63) is 29.3 Å². The Balaban J connectivity index is 2.39. The van der Waals surface area contributed by atoms with Crippen LogP contribution in [-0.2, 0) is 16.4 Å². The number of nitrogens with two attached hydrogens (primary N) is 1. The first kappa shape index (κ1) is 16.0. The molecule has 1 saturated heterocycles. The number of rotatable bonds is 3. The van der Waals surface area contributed by atoms with Gasteiger partial charge < -0.3 is 4.90 Å². The molecule has 6 heteroatoms. The third-order valence-corrected chi connectivity index (χ3v) is 5.04. The molecule has 1 fully saturated rings. The Kier molecular flexibility index (Phi) is 4.39. The summed E-state index contributed by atoms with van der Waals surface area (Å²) in [5.74, 6) is 0.343. The van der Waals surface area contributed by atoms with E-state index in [9.17, 15) is 13.2 Å². The van der Waals surface area contributed by atoms with E-state index < -0.39 is 10.0 Å². The molecule has 1 aromatic carbocycles. The minimum absolute atomic E-state index is 0.0516. The molecule has 1 aliphatic rings. The lowest BCUT2D eigenvalue weighted by atomic mass is 10.1. The Morgan fingerprint density at radius 3 is 2.52 bits per heavy atom. The molecule has 0 radical (unpaired) electrons. The second kappa shape index (κ2) is 5.77. The molecule has 0 saturated carbocycles. The number of nitrogens with zero attached hydrogens (tertiary/aromatic N) is 1. The number of sulfonamides is 1. The lowest BCUT2D eigenvalue weighted by Gasteiger charge is -2.22. The van der Waals surface area contributed by atoms with Crippen molar-refractivity contribution in [3.63, 3.8) is 0 Å². The van der Waals surface area contributed by atoms with Gasteiger partial charge in [-0.3, -0.25) is 4.79 Å². The zero-order valence-electron chi connectivity index (χ0n) is 12.7. The Hall–Kier alpha value is -1.40. The molecular formula is C15H22N2O3S. The fourth-order valence-corrected chi connectivity index (χ4v) is 3.86. The van der Waals surface area contributed by atoms with Crippen molar-refractivity contribution < 1.29 is 13.2 Å². The van der Waals surface area contributed by atoms with Gasteiger partial charge in [-0.15, -0.1) is 0 Å². The Bertz CT molecular complexity index is 655. The number of hydrogen-bond acceptors (Lipinski definition) is 3. The highest BCUT2D eigenvalue weighted by atomic mass is 32.2. The Labute approximate surface area is 126 Å². The van der Waals surface area contributed by atoms with Gasteiger partial charge in [0.2, 0.25) is 10.0 Å². The van der Waals surface area contributed by atoms with Crippen LogP contribution in [0.1, 0.15) is 43.1 Å². The fraction of sp³-hybridized carbons (Fsp3) is 0.533. The number of benzene rings is 1. The number of carbonyl (C=O) groups excluding carboxylic acids is 1. The van der Waals surface area contributed by atoms with Crippen molar-refractivity contribution in [1.82, 2.24) is 4.90 Å². The first-order valence-corrected chi connectivity index (χ1v) is 8.75. The topological polar surface area (TPSA) is 80.5 Å². The number of aryl methyl sites for hydroxylation is 1. The maximum absolute atomic E-state index is 12.6. The van der Waals surface area contributed by atoms with Gasteiger partial charge in [0.1, 0.15) is 0 Å². The second-order valence-electron chi connectivity index (χ2n) is 5.87. The standard InChI is InChI=1S/C15H22N2O3S/c1-4-12-5-6-13(8-14(12)21(16,19)20)15(18)17-9-10(2)7-11(17)3/h5-6,8,10-11H,4,7,9H2,1-3H3,(H2,16,19,20). The van der Waals surface area contributed by atoms with Crippen molar-refractivity contribution in [2.24, 2.45) is 11.1 Å². The SMILES string of the molecule is CCc1ccc(C(=O)N2CC(C)CC2C)cc1S(N)(=O)=O. The third kappa shape index (κ3) is 3.27. The summed E-state index contributed by atoms with van der Waals surface area (Å²) in [7, 11) is -3.82. The lowest BCUT2D eigenvalue weighted by Crippen LogP contribution is -2.34. The molecule has 2 rings (SSSR count). The second-order valence-corrected chi connectivity index (χ2v) is 7.40. The van der Waals surface area contributed by atoms with Crippen LogP contribution in [0, 0.1) is 5.92 Å². The minimum Gasteiger partial charge on any atom is -0.336 e. The zero-order valence-corrected chi connectivity index (χ0v) is 13.5. The van der Waals surface area contributed by atoms with E-state index in [1.165, 1.54) is 6.07 Å². The van der Waals surface area contributed by atoms with Gasteiger partial charge in [0.25, 0.3) is 5.91 Å². The fourth-order valence-electron chi connectivity index (χ4n) is 2.99. The van der Waals surface area contributed by atoms with Crippen molar-refractivity contribution in [3.8, 4) is 0 Å². The first-order chi connectivity index (χ1) is 9.74. The molecule has 2 unspecified atom stereocenters. The van der Waals surface area contributed by atoms with Crippen LogP contribution < -0.4 is 5.14 Å². The van der Waals surface area contributed by atoms with Gasteiger partial charge >= 0.3 is 0 Å². The summed E-state index contributed by atoms with van der Waals surface area (Å²) < 4.78 is 23.4. The van der Waals surface area contributed by atoms with E-state index in [0.717, 1.165) is 6.42 Å². The summed E-state index contributed by atoms with van der Waals surface area (Å²) in [5, 5.41) is 5.25. The van der Waals surface area contributed by atoms with Gasteiger partial charge in [0, 0.05) is 18.2 Å². The summed E-state index contributed by atoms with van der Waals surface area (Å²) in [4.78, 5) is 14.4. The van der Waals surface area contributed by atoms with Gasteiger partial charge in [-0.25, -0.2) is 13.6 Å². The maximum Gasteiger partial charge on any atom is 0.254 e. The molecule has 1 aromatic rings. The van der Waals surface area contributed by atoms with E-state index in [2.05, 4.69) is 6.92 Å².